The normalized spacial score (nSPS) is 11.7. The molecule has 0 spiro atoms. The number of aryl methyl sites for hydroxylation is 1. The molecule has 0 aliphatic rings. The molecule has 192 valence electrons. The largest absolute Gasteiger partial charge is 0.478 e. The van der Waals surface area contributed by atoms with Crippen molar-refractivity contribution in [2.75, 3.05) is 0 Å². The predicted molar refractivity (Wildman–Crippen MR) is 151 cm³/mol. The van der Waals surface area contributed by atoms with E-state index in [1.165, 1.54) is 4.68 Å². The molecule has 0 amide bonds. The number of hydrogen-bond acceptors (Lipinski definition) is 5. The summed E-state index contributed by atoms with van der Waals surface area (Å²) in [6, 6.07) is 22.8. The monoisotopic (exact) mass is 536 g/mol. The lowest BCUT2D eigenvalue weighted by Gasteiger charge is -2.10. The second kappa shape index (κ2) is 9.41. The molecule has 8 nitrogen and oxygen atoms in total. The quantitative estimate of drug-likeness (QED) is 0.255. The van der Waals surface area contributed by atoms with E-state index in [2.05, 4.69) is 5.10 Å². The van der Waals surface area contributed by atoms with Crippen LogP contribution in [0.2, 0.25) is 5.02 Å². The SMILES string of the molecule is Cc1cc(C=Nn2c(-c3cc4cc(Cl)ccc4o3)nc3ccccc3c2=O)c(C)n1-c1ccc(C(=O)O)cc1. The number of nitrogens with zero attached hydrogens (tertiary/aromatic N) is 4. The highest BCUT2D eigenvalue weighted by Gasteiger charge is 2.17. The molecule has 0 aliphatic heterocycles. The zero-order valence-electron chi connectivity index (χ0n) is 20.9. The van der Waals surface area contributed by atoms with Gasteiger partial charge in [-0.15, -0.1) is 0 Å². The Morgan fingerprint density at radius 1 is 1.03 bits per heavy atom. The Morgan fingerprint density at radius 3 is 2.56 bits per heavy atom. The number of carboxylic acids is 1. The van der Waals surface area contributed by atoms with Crippen LogP contribution in [-0.2, 0) is 0 Å². The van der Waals surface area contributed by atoms with Crippen LogP contribution in [0, 0.1) is 13.8 Å². The van der Waals surface area contributed by atoms with Gasteiger partial charge in [0.15, 0.2) is 5.76 Å². The van der Waals surface area contributed by atoms with Gasteiger partial charge in [0.05, 0.1) is 22.7 Å². The van der Waals surface area contributed by atoms with E-state index in [4.69, 9.17) is 21.0 Å². The van der Waals surface area contributed by atoms with E-state index in [0.717, 1.165) is 28.0 Å². The van der Waals surface area contributed by atoms with Gasteiger partial charge >= 0.3 is 5.97 Å². The molecule has 0 radical (unpaired) electrons. The van der Waals surface area contributed by atoms with Crippen molar-refractivity contribution in [3.63, 3.8) is 0 Å². The summed E-state index contributed by atoms with van der Waals surface area (Å²) in [4.78, 5) is 29.5. The van der Waals surface area contributed by atoms with Crippen LogP contribution in [0.5, 0.6) is 0 Å². The predicted octanol–water partition coefficient (Wildman–Crippen LogP) is 6.45. The first-order valence-electron chi connectivity index (χ1n) is 12.1. The summed E-state index contributed by atoms with van der Waals surface area (Å²) in [5.41, 5.74) is 4.44. The fraction of sp³-hybridized carbons (Fsp3) is 0.0667. The molecule has 6 aromatic rings. The average molecular weight is 537 g/mol. The number of para-hydroxylation sites is 1. The van der Waals surface area contributed by atoms with E-state index in [0.29, 0.717) is 27.3 Å². The van der Waals surface area contributed by atoms with E-state index >= 15 is 0 Å². The van der Waals surface area contributed by atoms with E-state index in [-0.39, 0.29) is 16.9 Å². The molecule has 0 fully saturated rings. The smallest absolute Gasteiger partial charge is 0.335 e. The molecule has 0 saturated heterocycles. The molecule has 0 aliphatic carbocycles. The second-order valence-corrected chi connectivity index (χ2v) is 9.56. The number of carbonyl (C=O) groups is 1. The molecular formula is C30H21ClN4O4. The van der Waals surface area contributed by atoms with Crippen molar-refractivity contribution in [3.8, 4) is 17.3 Å². The molecule has 0 unspecified atom stereocenters. The molecule has 39 heavy (non-hydrogen) atoms. The minimum Gasteiger partial charge on any atom is -0.478 e. The number of halogens is 1. The maximum absolute atomic E-state index is 13.6. The number of furan rings is 1. The van der Waals surface area contributed by atoms with Crippen molar-refractivity contribution in [2.45, 2.75) is 13.8 Å². The van der Waals surface area contributed by atoms with Crippen LogP contribution in [0.1, 0.15) is 27.3 Å². The van der Waals surface area contributed by atoms with Crippen molar-refractivity contribution >= 4 is 45.7 Å². The molecule has 0 saturated carbocycles. The number of benzene rings is 3. The third kappa shape index (κ3) is 4.30. The number of carboxylic acid groups (broad SMARTS) is 1. The minimum atomic E-state index is -0.979. The Kier molecular flexibility index (Phi) is 5.89. The maximum atomic E-state index is 13.6. The maximum Gasteiger partial charge on any atom is 0.335 e. The zero-order valence-corrected chi connectivity index (χ0v) is 21.7. The van der Waals surface area contributed by atoms with Gasteiger partial charge in [0.25, 0.3) is 5.56 Å². The topological polar surface area (TPSA) is 103 Å². The summed E-state index contributed by atoms with van der Waals surface area (Å²) in [6.07, 6.45) is 1.62. The van der Waals surface area contributed by atoms with Gasteiger partial charge in [-0.1, -0.05) is 23.7 Å². The standard InChI is InChI=1S/C30H21ClN4O4/c1-17-13-21(18(2)34(17)23-10-7-19(8-11-23)30(37)38)16-32-35-28(33-25-6-4-3-5-24(25)29(35)36)27-15-20-14-22(31)9-12-26(20)39-27/h3-16H,1-2H3,(H,37,38). The van der Waals surface area contributed by atoms with Crippen molar-refractivity contribution in [2.24, 2.45) is 5.10 Å². The lowest BCUT2D eigenvalue weighted by Crippen LogP contribution is -2.20. The molecule has 6 rings (SSSR count). The van der Waals surface area contributed by atoms with Gasteiger partial charge in [-0.2, -0.15) is 9.78 Å². The van der Waals surface area contributed by atoms with E-state index in [9.17, 15) is 14.7 Å². The number of aromatic nitrogens is 3. The minimum absolute atomic E-state index is 0.214. The van der Waals surface area contributed by atoms with Gasteiger partial charge < -0.3 is 14.1 Å². The van der Waals surface area contributed by atoms with Crippen LogP contribution in [0.3, 0.4) is 0 Å². The summed E-state index contributed by atoms with van der Waals surface area (Å²) >= 11 is 6.16. The Balaban J connectivity index is 1.48. The van der Waals surface area contributed by atoms with E-state index in [1.807, 2.05) is 30.5 Å². The Hall–Kier alpha value is -4.95. The molecule has 9 heteroatoms. The lowest BCUT2D eigenvalue weighted by atomic mass is 10.2. The van der Waals surface area contributed by atoms with Crippen LogP contribution < -0.4 is 5.56 Å². The zero-order chi connectivity index (χ0) is 27.3. The van der Waals surface area contributed by atoms with Crippen molar-refractivity contribution in [1.82, 2.24) is 14.2 Å². The molecule has 3 heterocycles. The number of rotatable bonds is 5. The van der Waals surface area contributed by atoms with Gasteiger partial charge in [-0.05, 0) is 80.6 Å². The van der Waals surface area contributed by atoms with Crippen molar-refractivity contribution in [1.29, 1.82) is 0 Å². The van der Waals surface area contributed by atoms with Crippen LogP contribution in [-0.4, -0.2) is 31.5 Å². The Labute approximate surface area is 227 Å². The van der Waals surface area contributed by atoms with Gasteiger partial charge in [0.2, 0.25) is 5.82 Å². The first kappa shape index (κ1) is 24.4. The van der Waals surface area contributed by atoms with Crippen molar-refractivity contribution < 1.29 is 14.3 Å². The highest BCUT2D eigenvalue weighted by Crippen LogP contribution is 2.29. The van der Waals surface area contributed by atoms with Gasteiger partial charge in [0, 0.05) is 33.0 Å². The van der Waals surface area contributed by atoms with E-state index < -0.39 is 5.97 Å². The Bertz CT molecular complexity index is 2000. The Morgan fingerprint density at radius 2 is 1.79 bits per heavy atom. The van der Waals surface area contributed by atoms with Crippen LogP contribution in [0.15, 0.2) is 93.2 Å². The third-order valence-electron chi connectivity index (χ3n) is 6.61. The van der Waals surface area contributed by atoms with E-state index in [1.54, 1.807) is 72.9 Å². The summed E-state index contributed by atoms with van der Waals surface area (Å²) < 4.78 is 9.28. The first-order chi connectivity index (χ1) is 18.8. The molecule has 3 aromatic heterocycles. The van der Waals surface area contributed by atoms with Crippen molar-refractivity contribution in [3.05, 3.63) is 117 Å². The fourth-order valence-corrected chi connectivity index (χ4v) is 4.88. The highest BCUT2D eigenvalue weighted by molar-refractivity contribution is 6.31. The van der Waals surface area contributed by atoms with Gasteiger partial charge in [-0.3, -0.25) is 4.79 Å². The summed E-state index contributed by atoms with van der Waals surface area (Å²) in [5, 5.41) is 15.6. The molecule has 3 aromatic carbocycles. The number of hydrogen-bond donors (Lipinski definition) is 1. The van der Waals surface area contributed by atoms with Gasteiger partial charge in [-0.25, -0.2) is 9.78 Å². The fourth-order valence-electron chi connectivity index (χ4n) is 4.70. The molecule has 0 atom stereocenters. The van der Waals surface area contributed by atoms with Crippen LogP contribution in [0.4, 0.5) is 0 Å². The van der Waals surface area contributed by atoms with Crippen LogP contribution in [0.25, 0.3) is 39.1 Å². The number of fused-ring (bicyclic) bond motifs is 2. The molecular weight excluding hydrogens is 516 g/mol. The molecule has 0 bridgehead atoms. The highest BCUT2D eigenvalue weighted by atomic mass is 35.5. The number of aromatic carboxylic acids is 1. The lowest BCUT2D eigenvalue weighted by molar-refractivity contribution is 0.0697. The first-order valence-corrected chi connectivity index (χ1v) is 12.5. The average Bonchev–Trinajstić information content (AvgIpc) is 3.47. The van der Waals surface area contributed by atoms with Gasteiger partial charge in [0.1, 0.15) is 5.58 Å². The third-order valence-corrected chi connectivity index (χ3v) is 6.84. The van der Waals surface area contributed by atoms with Crippen LogP contribution >= 0.6 is 11.6 Å². The second-order valence-electron chi connectivity index (χ2n) is 9.12. The molecule has 1 N–H and O–H groups in total. The summed E-state index contributed by atoms with van der Waals surface area (Å²) in [7, 11) is 0. The summed E-state index contributed by atoms with van der Waals surface area (Å²) in [5.74, 6) is -0.329. The summed E-state index contributed by atoms with van der Waals surface area (Å²) in [6.45, 7) is 3.88.